The summed E-state index contributed by atoms with van der Waals surface area (Å²) < 4.78 is 0. The molecule has 1 saturated carbocycles. The molecule has 5 heteroatoms. The molecule has 1 aliphatic carbocycles. The zero-order chi connectivity index (χ0) is 16.5. The van der Waals surface area contributed by atoms with Crippen molar-refractivity contribution in [3.8, 4) is 0 Å². The smallest absolute Gasteiger partial charge is 0.234 e. The van der Waals surface area contributed by atoms with E-state index < -0.39 is 0 Å². The number of halogens is 1. The predicted molar refractivity (Wildman–Crippen MR) is 98.4 cm³/mol. The minimum Gasteiger partial charge on any atom is -0.351 e. The summed E-state index contributed by atoms with van der Waals surface area (Å²) >= 11 is 7.76. The van der Waals surface area contributed by atoms with Crippen molar-refractivity contribution in [2.75, 3.05) is 13.1 Å². The summed E-state index contributed by atoms with van der Waals surface area (Å²) in [6.07, 6.45) is 3.66. The van der Waals surface area contributed by atoms with Crippen molar-refractivity contribution in [1.29, 1.82) is 0 Å². The first-order chi connectivity index (χ1) is 11.7. The van der Waals surface area contributed by atoms with Gasteiger partial charge in [-0.2, -0.15) is 0 Å². The maximum absolute atomic E-state index is 12.4. The number of amides is 1. The second-order valence-corrected chi connectivity index (χ2v) is 8.14. The number of hydrogen-bond acceptors (Lipinski definition) is 3. The topological polar surface area (TPSA) is 32.3 Å². The number of nitrogens with one attached hydrogen (secondary N) is 1. The van der Waals surface area contributed by atoms with Gasteiger partial charge in [0, 0.05) is 29.0 Å². The fourth-order valence-corrected chi connectivity index (χ4v) is 4.62. The van der Waals surface area contributed by atoms with Crippen LogP contribution in [0.3, 0.4) is 0 Å². The van der Waals surface area contributed by atoms with Crippen molar-refractivity contribution in [3.63, 3.8) is 0 Å². The van der Waals surface area contributed by atoms with Crippen LogP contribution in [0.25, 0.3) is 0 Å². The highest BCUT2D eigenvalue weighted by atomic mass is 35.5. The van der Waals surface area contributed by atoms with E-state index in [9.17, 15) is 4.79 Å². The fraction of sp³-hybridized carbons (Fsp3) is 0.421. The number of carbonyl (C=O) groups is 1. The Labute approximate surface area is 151 Å². The van der Waals surface area contributed by atoms with Crippen LogP contribution < -0.4 is 5.32 Å². The minimum absolute atomic E-state index is 0.106. The third-order valence-electron chi connectivity index (χ3n) is 4.94. The number of fused-ring (bicyclic) bond motifs is 1. The first-order valence-electron chi connectivity index (χ1n) is 8.52. The van der Waals surface area contributed by atoms with Crippen LogP contribution in [-0.2, 0) is 17.8 Å². The summed E-state index contributed by atoms with van der Waals surface area (Å²) in [5.41, 5.74) is 2.55. The third-order valence-corrected chi connectivity index (χ3v) is 6.18. The van der Waals surface area contributed by atoms with Crippen molar-refractivity contribution in [2.24, 2.45) is 5.92 Å². The zero-order valence-electron chi connectivity index (χ0n) is 13.5. The second kappa shape index (κ2) is 6.87. The zero-order valence-corrected chi connectivity index (χ0v) is 15.1. The van der Waals surface area contributed by atoms with Crippen LogP contribution in [0.15, 0.2) is 35.7 Å². The maximum atomic E-state index is 12.4. The molecule has 1 aromatic heterocycles. The monoisotopic (exact) mass is 360 g/mol. The molecule has 2 heterocycles. The molecule has 3 nitrogen and oxygen atoms in total. The quantitative estimate of drug-likeness (QED) is 0.873. The summed E-state index contributed by atoms with van der Waals surface area (Å²) in [7, 11) is 0. The summed E-state index contributed by atoms with van der Waals surface area (Å²) in [6.45, 7) is 2.04. The van der Waals surface area contributed by atoms with E-state index in [1.165, 1.54) is 23.3 Å². The van der Waals surface area contributed by atoms with Gasteiger partial charge in [0.25, 0.3) is 0 Å². The second-order valence-electron chi connectivity index (χ2n) is 6.71. The van der Waals surface area contributed by atoms with Crippen molar-refractivity contribution in [3.05, 3.63) is 56.7 Å². The molecule has 1 aromatic carbocycles. The molecule has 2 aliphatic rings. The lowest BCUT2D eigenvalue weighted by molar-refractivity contribution is -0.123. The number of benzene rings is 1. The number of thiophene rings is 1. The van der Waals surface area contributed by atoms with Gasteiger partial charge in [0.2, 0.25) is 5.91 Å². The lowest BCUT2D eigenvalue weighted by Gasteiger charge is -2.35. The molecule has 2 aromatic rings. The molecular weight excluding hydrogens is 340 g/mol. The van der Waals surface area contributed by atoms with Crippen LogP contribution in [0.4, 0.5) is 0 Å². The number of carbonyl (C=O) groups excluding carboxylic acids is 1. The van der Waals surface area contributed by atoms with Crippen LogP contribution in [0.2, 0.25) is 5.02 Å². The first-order valence-corrected chi connectivity index (χ1v) is 9.78. The number of nitrogens with zero attached hydrogens (tertiary/aromatic N) is 1. The van der Waals surface area contributed by atoms with E-state index in [2.05, 4.69) is 21.7 Å². The Morgan fingerprint density at radius 2 is 2.04 bits per heavy atom. The first kappa shape index (κ1) is 16.1. The largest absolute Gasteiger partial charge is 0.351 e. The highest BCUT2D eigenvalue weighted by molar-refractivity contribution is 7.10. The van der Waals surface area contributed by atoms with Crippen molar-refractivity contribution in [2.45, 2.75) is 31.8 Å². The van der Waals surface area contributed by atoms with E-state index >= 15 is 0 Å². The van der Waals surface area contributed by atoms with Gasteiger partial charge in [0.1, 0.15) is 0 Å². The van der Waals surface area contributed by atoms with Crippen molar-refractivity contribution in [1.82, 2.24) is 10.2 Å². The average Bonchev–Trinajstić information content (AvgIpc) is 3.30. The Kier molecular flexibility index (Phi) is 4.61. The SMILES string of the molecule is O=C(CN1CCc2sccc2[C@H]1C1CC1)NCc1ccc(Cl)cc1. The molecule has 1 amide bonds. The summed E-state index contributed by atoms with van der Waals surface area (Å²) in [4.78, 5) is 16.3. The van der Waals surface area contributed by atoms with Crippen LogP contribution >= 0.6 is 22.9 Å². The third kappa shape index (κ3) is 3.51. The number of hydrogen-bond donors (Lipinski definition) is 1. The molecule has 0 unspecified atom stereocenters. The Hall–Kier alpha value is -1.36. The highest BCUT2D eigenvalue weighted by Crippen LogP contribution is 2.48. The molecule has 0 bridgehead atoms. The van der Waals surface area contributed by atoms with Crippen molar-refractivity contribution < 1.29 is 4.79 Å². The lowest BCUT2D eigenvalue weighted by Crippen LogP contribution is -2.42. The Balaban J connectivity index is 1.37. The van der Waals surface area contributed by atoms with Gasteiger partial charge in [-0.3, -0.25) is 9.69 Å². The molecule has 0 radical (unpaired) electrons. The fourth-order valence-electron chi connectivity index (χ4n) is 3.58. The van der Waals surface area contributed by atoms with E-state index in [4.69, 9.17) is 11.6 Å². The molecule has 4 rings (SSSR count). The van der Waals surface area contributed by atoms with Gasteiger partial charge in [-0.1, -0.05) is 23.7 Å². The van der Waals surface area contributed by atoms with Gasteiger partial charge in [0.15, 0.2) is 0 Å². The Bertz CT molecular complexity index is 723. The standard InChI is InChI=1S/C19H21ClN2OS/c20-15-5-1-13(2-6-15)11-21-18(23)12-22-9-7-17-16(8-10-24-17)19(22)14-3-4-14/h1-2,5-6,8,10,14,19H,3-4,7,9,11-12H2,(H,21,23)/t19-/m1/s1. The summed E-state index contributed by atoms with van der Waals surface area (Å²) in [6, 6.07) is 10.3. The van der Waals surface area contributed by atoms with Crippen LogP contribution in [-0.4, -0.2) is 23.9 Å². The van der Waals surface area contributed by atoms with E-state index in [-0.39, 0.29) is 5.91 Å². The highest BCUT2D eigenvalue weighted by Gasteiger charge is 2.40. The molecule has 1 aliphatic heterocycles. The van der Waals surface area contributed by atoms with E-state index in [0.717, 1.165) is 29.5 Å². The van der Waals surface area contributed by atoms with E-state index in [0.29, 0.717) is 19.1 Å². The molecule has 126 valence electrons. The van der Waals surface area contributed by atoms with Gasteiger partial charge >= 0.3 is 0 Å². The van der Waals surface area contributed by atoms with Gasteiger partial charge in [-0.25, -0.2) is 0 Å². The Morgan fingerprint density at radius 3 is 2.79 bits per heavy atom. The van der Waals surface area contributed by atoms with Crippen LogP contribution in [0, 0.1) is 5.92 Å². The molecule has 24 heavy (non-hydrogen) atoms. The lowest BCUT2D eigenvalue weighted by atomic mass is 9.96. The van der Waals surface area contributed by atoms with E-state index in [1.54, 1.807) is 0 Å². The Morgan fingerprint density at radius 1 is 1.25 bits per heavy atom. The van der Waals surface area contributed by atoms with Gasteiger partial charge < -0.3 is 5.32 Å². The van der Waals surface area contributed by atoms with Crippen molar-refractivity contribution >= 4 is 28.8 Å². The molecule has 0 saturated heterocycles. The molecular formula is C19H21ClN2OS. The summed E-state index contributed by atoms with van der Waals surface area (Å²) in [5, 5.41) is 5.96. The van der Waals surface area contributed by atoms with Gasteiger partial charge in [-0.15, -0.1) is 11.3 Å². The number of rotatable bonds is 5. The van der Waals surface area contributed by atoms with E-state index in [1.807, 2.05) is 35.6 Å². The molecule has 1 N–H and O–H groups in total. The maximum Gasteiger partial charge on any atom is 0.234 e. The molecule has 0 spiro atoms. The molecule has 1 fully saturated rings. The summed E-state index contributed by atoms with van der Waals surface area (Å²) in [5.74, 6) is 0.844. The predicted octanol–water partition coefficient (Wildman–Crippen LogP) is 4.03. The molecule has 1 atom stereocenters. The minimum atomic E-state index is 0.106. The van der Waals surface area contributed by atoms with Gasteiger partial charge in [-0.05, 0) is 59.9 Å². The average molecular weight is 361 g/mol. The van der Waals surface area contributed by atoms with Gasteiger partial charge in [0.05, 0.1) is 6.54 Å². The van der Waals surface area contributed by atoms with Crippen LogP contribution in [0.1, 0.15) is 34.9 Å². The van der Waals surface area contributed by atoms with Crippen LogP contribution in [0.5, 0.6) is 0 Å². The normalized spacial score (nSPS) is 20.6.